The van der Waals surface area contributed by atoms with Gasteiger partial charge < -0.3 is 33.1 Å². The molecule has 0 amide bonds. The summed E-state index contributed by atoms with van der Waals surface area (Å²) in [5.74, 6) is 0.670. The van der Waals surface area contributed by atoms with Gasteiger partial charge in [0.15, 0.2) is 0 Å². The van der Waals surface area contributed by atoms with Gasteiger partial charge in [0.05, 0.1) is 5.84 Å². The molecule has 3 unspecified atom stereocenters. The van der Waals surface area contributed by atoms with E-state index in [1.54, 1.807) is 0 Å². The Hall–Kier alpha value is -1.22. The van der Waals surface area contributed by atoms with Crippen LogP contribution >= 0.6 is 0 Å². The summed E-state index contributed by atoms with van der Waals surface area (Å²) in [7, 11) is 0. The molecule has 0 aliphatic heterocycles. The molecular weight excluding hydrogens is 322 g/mol. The molecule has 0 aromatic rings. The number of amidine groups is 1. The first kappa shape index (κ1) is 26.0. The molecule has 0 aliphatic carbocycles. The van der Waals surface area contributed by atoms with Crippen LogP contribution in [0.4, 0.5) is 0 Å². The van der Waals surface area contributed by atoms with Crippen molar-refractivity contribution in [3.05, 3.63) is 0 Å². The van der Waals surface area contributed by atoms with Crippen LogP contribution in [0.5, 0.6) is 0 Å². The van der Waals surface area contributed by atoms with Crippen molar-refractivity contribution in [2.24, 2.45) is 39.8 Å². The fraction of sp³-hybridized carbons (Fsp3) is 0.882. The monoisotopic (exact) mass is 361 g/mol. The van der Waals surface area contributed by atoms with E-state index in [9.17, 15) is 4.79 Å². The number of nitrogens with two attached hydrogens (primary N) is 4. The third-order valence-electron chi connectivity index (χ3n) is 3.65. The summed E-state index contributed by atoms with van der Waals surface area (Å²) in [6.07, 6.45) is 3.33. The van der Waals surface area contributed by atoms with E-state index < -0.39 is 24.3 Å². The predicted molar refractivity (Wildman–Crippen MR) is 103 cm³/mol. The highest BCUT2D eigenvalue weighted by atomic mass is 16.4. The third kappa shape index (κ3) is 17.4. The predicted octanol–water partition coefficient (Wildman–Crippen LogP) is 0.609. The van der Waals surface area contributed by atoms with Gasteiger partial charge in [-0.3, -0.25) is 9.79 Å². The Morgan fingerprint density at radius 2 is 1.52 bits per heavy atom. The largest absolute Gasteiger partial charge is 0.480 e. The van der Waals surface area contributed by atoms with Crippen molar-refractivity contribution in [1.82, 2.24) is 0 Å². The summed E-state index contributed by atoms with van der Waals surface area (Å²) < 4.78 is 0. The normalized spacial score (nSPS) is 15.5. The highest BCUT2D eigenvalue weighted by Gasteiger charge is 2.10. The van der Waals surface area contributed by atoms with Crippen LogP contribution in [-0.4, -0.2) is 46.9 Å². The minimum atomic E-state index is -0.976. The summed E-state index contributed by atoms with van der Waals surface area (Å²) in [5.41, 5.74) is 21.6. The van der Waals surface area contributed by atoms with Gasteiger partial charge >= 0.3 is 5.97 Å². The molecule has 0 radical (unpaired) electrons. The van der Waals surface area contributed by atoms with Crippen LogP contribution in [0.15, 0.2) is 4.99 Å². The minimum absolute atomic E-state index is 0.249. The molecule has 150 valence electrons. The highest BCUT2D eigenvalue weighted by Crippen LogP contribution is 2.08. The summed E-state index contributed by atoms with van der Waals surface area (Å²) in [4.78, 5) is 14.4. The number of aliphatic imine (C=N–C) groups is 1. The number of carboxylic acid groups (broad SMARTS) is 1. The second-order valence-corrected chi connectivity index (χ2v) is 7.03. The molecule has 0 rings (SSSR count). The van der Waals surface area contributed by atoms with E-state index >= 15 is 0 Å². The summed E-state index contributed by atoms with van der Waals surface area (Å²) in [6.45, 7) is 8.78. The Morgan fingerprint density at radius 3 is 1.92 bits per heavy atom. The first-order chi connectivity index (χ1) is 11.5. The van der Waals surface area contributed by atoms with Crippen LogP contribution in [0.25, 0.3) is 0 Å². The topological polar surface area (TPSA) is 174 Å². The van der Waals surface area contributed by atoms with Crippen molar-refractivity contribution in [3.8, 4) is 0 Å². The molecule has 0 saturated heterocycles. The lowest BCUT2D eigenvalue weighted by molar-refractivity contribution is -0.138. The summed E-state index contributed by atoms with van der Waals surface area (Å²) >= 11 is 0. The Morgan fingerprint density at radius 1 is 1.00 bits per heavy atom. The van der Waals surface area contributed by atoms with Gasteiger partial charge in [0.2, 0.25) is 0 Å². The number of aliphatic hydroxyl groups is 1. The van der Waals surface area contributed by atoms with E-state index in [-0.39, 0.29) is 5.92 Å². The minimum Gasteiger partial charge on any atom is -0.480 e. The Kier molecular flexibility index (Phi) is 15.7. The molecule has 10 N–H and O–H groups in total. The SMILES string of the molecule is CC(C)C(N)=NCCC(N)C(N)O.CC(C)CCCCC(N)C(=O)O. The zero-order chi connectivity index (χ0) is 20.0. The van der Waals surface area contributed by atoms with Crippen molar-refractivity contribution < 1.29 is 15.0 Å². The van der Waals surface area contributed by atoms with Gasteiger partial charge in [-0.2, -0.15) is 0 Å². The third-order valence-corrected chi connectivity index (χ3v) is 3.65. The second-order valence-electron chi connectivity index (χ2n) is 7.03. The second kappa shape index (κ2) is 15.1. The van der Waals surface area contributed by atoms with E-state index in [0.29, 0.717) is 31.1 Å². The Bertz CT molecular complexity index is 373. The average molecular weight is 362 g/mol. The fourth-order valence-corrected chi connectivity index (χ4v) is 1.74. The number of carbonyl (C=O) groups is 1. The van der Waals surface area contributed by atoms with Crippen molar-refractivity contribution >= 4 is 11.8 Å². The zero-order valence-electron chi connectivity index (χ0n) is 16.2. The number of nitrogens with zero attached hydrogens (tertiary/aromatic N) is 1. The van der Waals surface area contributed by atoms with Gasteiger partial charge in [0.1, 0.15) is 12.3 Å². The van der Waals surface area contributed by atoms with Crippen molar-refractivity contribution in [1.29, 1.82) is 0 Å². The lowest BCUT2D eigenvalue weighted by atomic mass is 10.0. The Labute approximate surface area is 152 Å². The van der Waals surface area contributed by atoms with Crippen LogP contribution in [0.2, 0.25) is 0 Å². The molecule has 0 saturated carbocycles. The van der Waals surface area contributed by atoms with Crippen LogP contribution < -0.4 is 22.9 Å². The van der Waals surface area contributed by atoms with E-state index in [1.165, 1.54) is 0 Å². The fourth-order valence-electron chi connectivity index (χ4n) is 1.74. The zero-order valence-corrected chi connectivity index (χ0v) is 16.2. The van der Waals surface area contributed by atoms with Gasteiger partial charge in [0, 0.05) is 18.5 Å². The van der Waals surface area contributed by atoms with Crippen LogP contribution in [-0.2, 0) is 4.79 Å². The van der Waals surface area contributed by atoms with Gasteiger partial charge in [0.25, 0.3) is 0 Å². The molecule has 3 atom stereocenters. The molecule has 0 bridgehead atoms. The number of carboxylic acids is 1. The maximum atomic E-state index is 10.3. The molecule has 0 spiro atoms. The van der Waals surface area contributed by atoms with Crippen molar-refractivity contribution in [2.45, 2.75) is 78.1 Å². The number of unbranched alkanes of at least 4 members (excludes halogenated alkanes) is 1. The maximum absolute atomic E-state index is 10.3. The standard InChI is InChI=1S/C9H19NO2.C8H20N4O/c1-7(2)5-3-4-6-8(10)9(11)12;1-5(2)7(10)12-4-3-6(9)8(11)13/h7-8H,3-6,10H2,1-2H3,(H,11,12);5-6,8,13H,3-4,9,11H2,1-2H3,(H2,10,12). The summed E-state index contributed by atoms with van der Waals surface area (Å²) in [6, 6.07) is -1.10. The quantitative estimate of drug-likeness (QED) is 0.135. The lowest BCUT2D eigenvalue weighted by Gasteiger charge is -2.13. The first-order valence-corrected chi connectivity index (χ1v) is 8.96. The molecule has 0 aliphatic rings. The number of hydrogen-bond donors (Lipinski definition) is 6. The van der Waals surface area contributed by atoms with Gasteiger partial charge in [-0.15, -0.1) is 0 Å². The number of aliphatic carboxylic acids is 1. The van der Waals surface area contributed by atoms with Gasteiger partial charge in [-0.05, 0) is 18.8 Å². The van der Waals surface area contributed by atoms with Crippen LogP contribution in [0.1, 0.15) is 59.8 Å². The smallest absolute Gasteiger partial charge is 0.320 e. The van der Waals surface area contributed by atoms with Crippen LogP contribution in [0, 0.1) is 11.8 Å². The highest BCUT2D eigenvalue weighted by molar-refractivity contribution is 5.82. The van der Waals surface area contributed by atoms with Gasteiger partial charge in [-0.25, -0.2) is 0 Å². The van der Waals surface area contributed by atoms with E-state index in [0.717, 1.165) is 19.3 Å². The molecule has 0 aromatic carbocycles. The average Bonchev–Trinajstić information content (AvgIpc) is 2.51. The molecule has 0 aromatic heterocycles. The number of hydrogen-bond acceptors (Lipinski definition) is 6. The molecule has 0 heterocycles. The van der Waals surface area contributed by atoms with E-state index in [1.807, 2.05) is 13.8 Å². The van der Waals surface area contributed by atoms with Crippen LogP contribution in [0.3, 0.4) is 0 Å². The number of aliphatic hydroxyl groups excluding tert-OH is 1. The lowest BCUT2D eigenvalue weighted by Crippen LogP contribution is -2.41. The van der Waals surface area contributed by atoms with Crippen molar-refractivity contribution in [2.75, 3.05) is 6.54 Å². The summed E-state index contributed by atoms with van der Waals surface area (Å²) in [5, 5.41) is 17.3. The molecule has 8 heteroatoms. The van der Waals surface area contributed by atoms with E-state index in [4.69, 9.17) is 33.1 Å². The van der Waals surface area contributed by atoms with Crippen molar-refractivity contribution in [3.63, 3.8) is 0 Å². The molecule has 8 nitrogen and oxygen atoms in total. The molecule has 0 fully saturated rings. The Balaban J connectivity index is 0. The van der Waals surface area contributed by atoms with E-state index in [2.05, 4.69) is 18.8 Å². The number of rotatable bonds is 11. The maximum Gasteiger partial charge on any atom is 0.320 e. The molecule has 25 heavy (non-hydrogen) atoms. The first-order valence-electron chi connectivity index (χ1n) is 8.96. The molecular formula is C17H39N5O3. The van der Waals surface area contributed by atoms with Gasteiger partial charge in [-0.1, -0.05) is 47.0 Å².